The molecule has 1 aliphatic heterocycles. The Bertz CT molecular complexity index is 412. The standard InChI is InChI=1S/C13H18N2O2/c1-9-4-5-12(16)11(7-9)15-13(17)10-3-2-6-14-8-10/h4-5,7,10,14,16H,2-3,6,8H2,1H3,(H,15,17). The summed E-state index contributed by atoms with van der Waals surface area (Å²) in [5.74, 6) is 0.106. The SMILES string of the molecule is Cc1ccc(O)c(NC(=O)C2CCCNC2)c1. The number of phenols is 1. The van der Waals surface area contributed by atoms with E-state index in [0.29, 0.717) is 5.69 Å². The van der Waals surface area contributed by atoms with E-state index < -0.39 is 0 Å². The number of carbonyl (C=O) groups is 1. The molecule has 1 aromatic rings. The van der Waals surface area contributed by atoms with Crippen molar-refractivity contribution in [1.29, 1.82) is 0 Å². The molecule has 0 aromatic heterocycles. The van der Waals surface area contributed by atoms with Crippen molar-refractivity contribution in [1.82, 2.24) is 5.32 Å². The highest BCUT2D eigenvalue weighted by Crippen LogP contribution is 2.25. The molecule has 0 saturated carbocycles. The zero-order chi connectivity index (χ0) is 12.3. The van der Waals surface area contributed by atoms with Crippen molar-refractivity contribution in [3.8, 4) is 5.75 Å². The molecular weight excluding hydrogens is 216 g/mol. The van der Waals surface area contributed by atoms with Crippen molar-refractivity contribution in [2.45, 2.75) is 19.8 Å². The topological polar surface area (TPSA) is 61.4 Å². The first kappa shape index (κ1) is 11.9. The second-order valence-electron chi connectivity index (χ2n) is 4.55. The normalized spacial score (nSPS) is 19.9. The second kappa shape index (κ2) is 5.19. The van der Waals surface area contributed by atoms with Crippen LogP contribution >= 0.6 is 0 Å². The molecule has 17 heavy (non-hydrogen) atoms. The summed E-state index contributed by atoms with van der Waals surface area (Å²) in [5.41, 5.74) is 1.51. The maximum atomic E-state index is 12.0. The molecule has 0 radical (unpaired) electrons. The van der Waals surface area contributed by atoms with Gasteiger partial charge in [-0.1, -0.05) is 6.07 Å². The average Bonchev–Trinajstić information content (AvgIpc) is 2.35. The van der Waals surface area contributed by atoms with Crippen LogP contribution in [0.3, 0.4) is 0 Å². The summed E-state index contributed by atoms with van der Waals surface area (Å²) >= 11 is 0. The van der Waals surface area contributed by atoms with Crippen molar-refractivity contribution in [2.24, 2.45) is 5.92 Å². The van der Waals surface area contributed by atoms with Crippen molar-refractivity contribution >= 4 is 11.6 Å². The van der Waals surface area contributed by atoms with Gasteiger partial charge in [0.25, 0.3) is 0 Å². The summed E-state index contributed by atoms with van der Waals surface area (Å²) in [7, 11) is 0. The molecule has 1 aromatic carbocycles. The van der Waals surface area contributed by atoms with E-state index >= 15 is 0 Å². The molecule has 4 nitrogen and oxygen atoms in total. The van der Waals surface area contributed by atoms with E-state index in [9.17, 15) is 9.90 Å². The Kier molecular flexibility index (Phi) is 3.64. The van der Waals surface area contributed by atoms with Gasteiger partial charge in [0, 0.05) is 6.54 Å². The molecule has 0 bridgehead atoms. The van der Waals surface area contributed by atoms with Gasteiger partial charge in [-0.3, -0.25) is 4.79 Å². The van der Waals surface area contributed by atoms with E-state index in [2.05, 4.69) is 10.6 Å². The van der Waals surface area contributed by atoms with Gasteiger partial charge in [0.2, 0.25) is 5.91 Å². The molecule has 92 valence electrons. The Balaban J connectivity index is 2.04. The maximum absolute atomic E-state index is 12.0. The first-order chi connectivity index (χ1) is 8.16. The molecule has 1 aliphatic rings. The van der Waals surface area contributed by atoms with E-state index in [1.807, 2.05) is 13.0 Å². The van der Waals surface area contributed by atoms with Crippen LogP contribution in [0.25, 0.3) is 0 Å². The van der Waals surface area contributed by atoms with Crippen molar-refractivity contribution < 1.29 is 9.90 Å². The highest BCUT2D eigenvalue weighted by molar-refractivity contribution is 5.94. The number of aryl methyl sites for hydroxylation is 1. The lowest BCUT2D eigenvalue weighted by Crippen LogP contribution is -2.37. The maximum Gasteiger partial charge on any atom is 0.228 e. The summed E-state index contributed by atoms with van der Waals surface area (Å²) in [6.45, 7) is 3.63. The fraction of sp³-hybridized carbons (Fsp3) is 0.462. The Hall–Kier alpha value is -1.55. The smallest absolute Gasteiger partial charge is 0.228 e. The van der Waals surface area contributed by atoms with Gasteiger partial charge in [0.15, 0.2) is 0 Å². The third-order valence-corrected chi connectivity index (χ3v) is 3.08. The predicted molar refractivity (Wildman–Crippen MR) is 67.1 cm³/mol. The summed E-state index contributed by atoms with van der Waals surface area (Å²) < 4.78 is 0. The highest BCUT2D eigenvalue weighted by atomic mass is 16.3. The van der Waals surface area contributed by atoms with Crippen molar-refractivity contribution in [3.63, 3.8) is 0 Å². The van der Waals surface area contributed by atoms with Crippen molar-refractivity contribution in [2.75, 3.05) is 18.4 Å². The lowest BCUT2D eigenvalue weighted by Gasteiger charge is -2.22. The fourth-order valence-corrected chi connectivity index (χ4v) is 2.06. The third kappa shape index (κ3) is 2.97. The summed E-state index contributed by atoms with van der Waals surface area (Å²) in [4.78, 5) is 12.0. The Morgan fingerprint density at radius 2 is 2.35 bits per heavy atom. The van der Waals surface area contributed by atoms with Gasteiger partial charge in [-0.05, 0) is 44.0 Å². The van der Waals surface area contributed by atoms with Crippen LogP contribution < -0.4 is 10.6 Å². The number of phenolic OH excluding ortho intramolecular Hbond substituents is 1. The summed E-state index contributed by atoms with van der Waals surface area (Å²) in [6, 6.07) is 5.20. The number of nitrogens with one attached hydrogen (secondary N) is 2. The van der Waals surface area contributed by atoms with Gasteiger partial charge in [-0.25, -0.2) is 0 Å². The van der Waals surface area contributed by atoms with Crippen LogP contribution in [0.1, 0.15) is 18.4 Å². The lowest BCUT2D eigenvalue weighted by atomic mass is 9.98. The molecule has 1 atom stereocenters. The Morgan fingerprint density at radius 3 is 3.06 bits per heavy atom. The number of amides is 1. The molecule has 4 heteroatoms. The lowest BCUT2D eigenvalue weighted by molar-refractivity contribution is -0.120. The second-order valence-corrected chi connectivity index (χ2v) is 4.55. The number of hydrogen-bond donors (Lipinski definition) is 3. The van der Waals surface area contributed by atoms with Crippen LogP contribution in [-0.2, 0) is 4.79 Å². The third-order valence-electron chi connectivity index (χ3n) is 3.08. The molecule has 0 aliphatic carbocycles. The zero-order valence-electron chi connectivity index (χ0n) is 9.99. The van der Waals surface area contributed by atoms with Gasteiger partial charge < -0.3 is 15.7 Å². The summed E-state index contributed by atoms with van der Waals surface area (Å²) in [6.07, 6.45) is 1.93. The first-order valence-corrected chi connectivity index (χ1v) is 5.98. The molecule has 1 fully saturated rings. The largest absolute Gasteiger partial charge is 0.506 e. The number of anilines is 1. The Morgan fingerprint density at radius 1 is 1.53 bits per heavy atom. The van der Waals surface area contributed by atoms with Gasteiger partial charge >= 0.3 is 0 Å². The molecule has 2 rings (SSSR count). The van der Waals surface area contributed by atoms with Crippen LogP contribution in [0.15, 0.2) is 18.2 Å². The van der Waals surface area contributed by atoms with E-state index in [1.54, 1.807) is 12.1 Å². The molecule has 3 N–H and O–H groups in total. The van der Waals surface area contributed by atoms with Gasteiger partial charge in [0.1, 0.15) is 5.75 Å². The minimum Gasteiger partial charge on any atom is -0.506 e. The van der Waals surface area contributed by atoms with E-state index in [0.717, 1.165) is 31.5 Å². The minimum atomic E-state index is -0.0156. The van der Waals surface area contributed by atoms with Gasteiger partial charge in [-0.2, -0.15) is 0 Å². The number of piperidine rings is 1. The van der Waals surface area contributed by atoms with E-state index in [4.69, 9.17) is 0 Å². The van der Waals surface area contributed by atoms with E-state index in [-0.39, 0.29) is 17.6 Å². The van der Waals surface area contributed by atoms with Crippen LogP contribution in [0.2, 0.25) is 0 Å². The van der Waals surface area contributed by atoms with Crippen LogP contribution in [-0.4, -0.2) is 24.1 Å². The number of rotatable bonds is 2. The molecular formula is C13H18N2O2. The summed E-state index contributed by atoms with van der Waals surface area (Å²) in [5, 5.41) is 15.6. The molecule has 0 spiro atoms. The van der Waals surface area contributed by atoms with Gasteiger partial charge in [0.05, 0.1) is 11.6 Å². The zero-order valence-corrected chi connectivity index (χ0v) is 9.99. The van der Waals surface area contributed by atoms with Crippen LogP contribution in [0.4, 0.5) is 5.69 Å². The monoisotopic (exact) mass is 234 g/mol. The number of benzene rings is 1. The van der Waals surface area contributed by atoms with Crippen LogP contribution in [0.5, 0.6) is 5.75 Å². The molecule has 1 amide bonds. The molecule has 1 unspecified atom stereocenters. The molecule has 1 heterocycles. The fourth-order valence-electron chi connectivity index (χ4n) is 2.06. The number of hydrogen-bond acceptors (Lipinski definition) is 3. The number of carbonyl (C=O) groups excluding carboxylic acids is 1. The predicted octanol–water partition coefficient (Wildman–Crippen LogP) is 1.64. The molecule has 1 saturated heterocycles. The quantitative estimate of drug-likeness (QED) is 0.682. The van der Waals surface area contributed by atoms with Gasteiger partial charge in [-0.15, -0.1) is 0 Å². The number of aromatic hydroxyl groups is 1. The first-order valence-electron chi connectivity index (χ1n) is 5.98. The van der Waals surface area contributed by atoms with E-state index in [1.165, 1.54) is 0 Å². The minimum absolute atomic E-state index is 0.00339. The van der Waals surface area contributed by atoms with Crippen molar-refractivity contribution in [3.05, 3.63) is 23.8 Å². The Labute approximate surface area is 101 Å². The highest BCUT2D eigenvalue weighted by Gasteiger charge is 2.21. The average molecular weight is 234 g/mol. The van der Waals surface area contributed by atoms with Crippen LogP contribution in [0, 0.1) is 12.8 Å².